The first-order valence-corrected chi connectivity index (χ1v) is 13.1. The van der Waals surface area contributed by atoms with Crippen molar-refractivity contribution in [1.82, 2.24) is 4.31 Å². The first-order valence-electron chi connectivity index (χ1n) is 10.7. The second kappa shape index (κ2) is 9.62. The molecular weight excluding hydrogens is 461 g/mol. The third kappa shape index (κ3) is 5.10. The topological polar surface area (TPSA) is 69.7 Å². The number of piperazine rings is 1. The number of sulfonamides is 1. The predicted octanol–water partition coefficient (Wildman–Crippen LogP) is 4.77. The van der Waals surface area contributed by atoms with Crippen LogP contribution in [0.5, 0.6) is 0 Å². The minimum atomic E-state index is -3.82. The van der Waals surface area contributed by atoms with E-state index in [0.717, 1.165) is 22.6 Å². The minimum Gasteiger partial charge on any atom is -0.369 e. The number of nitrogens with one attached hydrogen (secondary N) is 1. The fourth-order valence-corrected chi connectivity index (χ4v) is 6.53. The summed E-state index contributed by atoms with van der Waals surface area (Å²) in [5.74, 6) is -0.429. The molecular formula is C24H26FN3O3S2. The zero-order chi connectivity index (χ0) is 23.6. The smallest absolute Gasteiger partial charge is 0.267 e. The van der Waals surface area contributed by atoms with Gasteiger partial charge in [0, 0.05) is 37.6 Å². The third-order valence-electron chi connectivity index (χ3n) is 5.69. The number of carbonyl (C=O) groups is 1. The molecule has 2 aromatic carbocycles. The lowest BCUT2D eigenvalue weighted by Crippen LogP contribution is -2.48. The van der Waals surface area contributed by atoms with Crippen LogP contribution in [0.3, 0.4) is 0 Å². The molecule has 0 bridgehead atoms. The van der Waals surface area contributed by atoms with Crippen LogP contribution >= 0.6 is 11.3 Å². The van der Waals surface area contributed by atoms with Crippen LogP contribution in [0.1, 0.15) is 35.0 Å². The number of rotatable bonds is 6. The summed E-state index contributed by atoms with van der Waals surface area (Å²) < 4.78 is 41.3. The van der Waals surface area contributed by atoms with Crippen LogP contribution in [0.25, 0.3) is 0 Å². The van der Waals surface area contributed by atoms with Crippen molar-refractivity contribution in [3.63, 3.8) is 0 Å². The van der Waals surface area contributed by atoms with E-state index < -0.39 is 15.9 Å². The van der Waals surface area contributed by atoms with Gasteiger partial charge in [-0.05, 0) is 59.3 Å². The molecule has 9 heteroatoms. The van der Waals surface area contributed by atoms with Crippen LogP contribution in [0.2, 0.25) is 0 Å². The molecule has 0 unspecified atom stereocenters. The standard InChI is InChI=1S/C24H26FN3O3S2/c1-17(2)18-4-3-5-20(16-18)26-24(29)23-22(10-15-32-23)33(30,31)28-13-11-27(12-14-28)21-8-6-19(25)7-9-21/h3-10,15-17H,11-14H2,1-2H3,(H,26,29). The average molecular weight is 488 g/mol. The Bertz CT molecular complexity index is 1230. The molecule has 0 spiro atoms. The van der Waals surface area contributed by atoms with Crippen LogP contribution in [-0.2, 0) is 10.0 Å². The van der Waals surface area contributed by atoms with Gasteiger partial charge in [0.2, 0.25) is 10.0 Å². The second-order valence-electron chi connectivity index (χ2n) is 8.22. The van der Waals surface area contributed by atoms with Crippen LogP contribution in [0.15, 0.2) is 64.9 Å². The van der Waals surface area contributed by atoms with Crippen LogP contribution < -0.4 is 10.2 Å². The summed E-state index contributed by atoms with van der Waals surface area (Å²) in [6.07, 6.45) is 0. The Morgan fingerprint density at radius 3 is 2.39 bits per heavy atom. The van der Waals surface area contributed by atoms with Gasteiger partial charge >= 0.3 is 0 Å². The van der Waals surface area contributed by atoms with Crippen molar-refractivity contribution >= 4 is 38.6 Å². The SMILES string of the molecule is CC(C)c1cccc(NC(=O)c2sccc2S(=O)(=O)N2CCN(c3ccc(F)cc3)CC2)c1. The molecule has 1 saturated heterocycles. The zero-order valence-corrected chi connectivity index (χ0v) is 20.1. The lowest BCUT2D eigenvalue weighted by atomic mass is 10.0. The Balaban J connectivity index is 1.47. The molecule has 1 fully saturated rings. The van der Waals surface area contributed by atoms with Gasteiger partial charge in [-0.2, -0.15) is 4.31 Å². The van der Waals surface area contributed by atoms with E-state index in [-0.39, 0.29) is 28.7 Å². The Morgan fingerprint density at radius 2 is 1.73 bits per heavy atom. The molecule has 6 nitrogen and oxygen atoms in total. The molecule has 174 valence electrons. The van der Waals surface area contributed by atoms with E-state index in [1.165, 1.54) is 22.5 Å². The Labute approximate surface area is 197 Å². The van der Waals surface area contributed by atoms with Crippen LogP contribution in [-0.4, -0.2) is 44.8 Å². The number of thiophene rings is 1. The lowest BCUT2D eigenvalue weighted by molar-refractivity contribution is 0.102. The van der Waals surface area contributed by atoms with Crippen molar-refractivity contribution in [3.05, 3.63) is 76.2 Å². The van der Waals surface area contributed by atoms with E-state index >= 15 is 0 Å². The van der Waals surface area contributed by atoms with Crippen molar-refractivity contribution in [2.45, 2.75) is 24.7 Å². The van der Waals surface area contributed by atoms with Crippen LogP contribution in [0.4, 0.5) is 15.8 Å². The molecule has 1 amide bonds. The number of benzene rings is 2. The molecule has 0 aliphatic carbocycles. The first kappa shape index (κ1) is 23.4. The summed E-state index contributed by atoms with van der Waals surface area (Å²) in [7, 11) is -3.82. The van der Waals surface area contributed by atoms with Crippen molar-refractivity contribution in [1.29, 1.82) is 0 Å². The third-order valence-corrected chi connectivity index (χ3v) is 8.68. The summed E-state index contributed by atoms with van der Waals surface area (Å²) in [4.78, 5) is 15.2. The Kier molecular flexibility index (Phi) is 6.83. The molecule has 4 rings (SSSR count). The highest BCUT2D eigenvalue weighted by atomic mass is 32.2. The Morgan fingerprint density at radius 1 is 1.03 bits per heavy atom. The maximum Gasteiger partial charge on any atom is 0.267 e. The van der Waals surface area contributed by atoms with Gasteiger partial charge in [0.1, 0.15) is 15.6 Å². The van der Waals surface area contributed by atoms with Crippen molar-refractivity contribution < 1.29 is 17.6 Å². The Hall–Kier alpha value is -2.75. The van der Waals surface area contributed by atoms with E-state index in [1.807, 2.05) is 23.1 Å². The summed E-state index contributed by atoms with van der Waals surface area (Å²) in [6, 6.07) is 15.2. The highest BCUT2D eigenvalue weighted by Gasteiger charge is 2.32. The number of carbonyl (C=O) groups excluding carboxylic acids is 1. The normalized spacial score (nSPS) is 15.1. The molecule has 1 aromatic heterocycles. The number of halogens is 1. The van der Waals surface area contributed by atoms with Gasteiger partial charge in [-0.3, -0.25) is 4.79 Å². The molecule has 33 heavy (non-hydrogen) atoms. The van der Waals surface area contributed by atoms with Gasteiger partial charge in [-0.25, -0.2) is 12.8 Å². The zero-order valence-electron chi connectivity index (χ0n) is 18.5. The number of anilines is 2. The predicted molar refractivity (Wildman–Crippen MR) is 130 cm³/mol. The molecule has 1 aliphatic rings. The van der Waals surface area contributed by atoms with Crippen molar-refractivity contribution in [3.8, 4) is 0 Å². The molecule has 3 aromatic rings. The van der Waals surface area contributed by atoms with E-state index in [2.05, 4.69) is 19.2 Å². The summed E-state index contributed by atoms with van der Waals surface area (Å²) in [5, 5.41) is 4.46. The van der Waals surface area contributed by atoms with E-state index in [9.17, 15) is 17.6 Å². The summed E-state index contributed by atoms with van der Waals surface area (Å²) in [5.41, 5.74) is 2.58. The van der Waals surface area contributed by atoms with E-state index in [1.54, 1.807) is 23.6 Å². The number of amides is 1. The molecule has 0 radical (unpaired) electrons. The maximum atomic E-state index is 13.3. The molecule has 0 saturated carbocycles. The number of nitrogens with zero attached hydrogens (tertiary/aromatic N) is 2. The molecule has 0 atom stereocenters. The van der Waals surface area contributed by atoms with Crippen molar-refractivity contribution in [2.75, 3.05) is 36.4 Å². The molecule has 1 N–H and O–H groups in total. The summed E-state index contributed by atoms with van der Waals surface area (Å²) >= 11 is 1.11. The first-order chi connectivity index (χ1) is 15.8. The van der Waals surface area contributed by atoms with Gasteiger partial charge in [-0.1, -0.05) is 26.0 Å². The fraction of sp³-hybridized carbons (Fsp3) is 0.292. The quantitative estimate of drug-likeness (QED) is 0.544. The number of hydrogen-bond acceptors (Lipinski definition) is 5. The lowest BCUT2D eigenvalue weighted by Gasteiger charge is -2.35. The fourth-order valence-electron chi connectivity index (χ4n) is 3.81. The highest BCUT2D eigenvalue weighted by molar-refractivity contribution is 7.89. The minimum absolute atomic E-state index is 0.0280. The van der Waals surface area contributed by atoms with E-state index in [4.69, 9.17) is 0 Å². The maximum absolute atomic E-state index is 13.3. The van der Waals surface area contributed by atoms with Gasteiger partial charge in [-0.15, -0.1) is 11.3 Å². The van der Waals surface area contributed by atoms with Gasteiger partial charge in [0.15, 0.2) is 0 Å². The highest BCUT2D eigenvalue weighted by Crippen LogP contribution is 2.28. The largest absolute Gasteiger partial charge is 0.369 e. The summed E-state index contributed by atoms with van der Waals surface area (Å²) in [6.45, 7) is 5.68. The molecule has 2 heterocycles. The molecule has 1 aliphatic heterocycles. The van der Waals surface area contributed by atoms with Crippen LogP contribution in [0, 0.1) is 5.82 Å². The second-order valence-corrected chi connectivity index (χ2v) is 11.0. The van der Waals surface area contributed by atoms with Gasteiger partial charge in [0.25, 0.3) is 5.91 Å². The number of hydrogen-bond donors (Lipinski definition) is 1. The monoisotopic (exact) mass is 487 g/mol. The van der Waals surface area contributed by atoms with Crippen molar-refractivity contribution in [2.24, 2.45) is 0 Å². The van der Waals surface area contributed by atoms with Gasteiger partial charge < -0.3 is 10.2 Å². The van der Waals surface area contributed by atoms with Gasteiger partial charge in [0.05, 0.1) is 0 Å². The van der Waals surface area contributed by atoms with E-state index in [0.29, 0.717) is 24.7 Å². The average Bonchev–Trinajstić information content (AvgIpc) is 3.31.